The van der Waals surface area contributed by atoms with Crippen molar-refractivity contribution in [2.24, 2.45) is 5.73 Å². The van der Waals surface area contributed by atoms with Crippen LogP contribution in [0.25, 0.3) is 0 Å². The van der Waals surface area contributed by atoms with Gasteiger partial charge in [0.05, 0.1) is 0 Å². The molecule has 0 rings (SSSR count). The van der Waals surface area contributed by atoms with Crippen LogP contribution in [0.2, 0.25) is 0 Å². The number of rotatable bonds is 5. The number of carbonyl (C=O) groups excluding carboxylic acids is 1. The van der Waals surface area contributed by atoms with Crippen LogP contribution < -0.4 is 5.73 Å². The molecule has 1 unspecified atom stereocenters. The Labute approximate surface area is 73.7 Å². The van der Waals surface area contributed by atoms with Crippen LogP contribution in [0.3, 0.4) is 0 Å². The highest BCUT2D eigenvalue weighted by molar-refractivity contribution is 5.80. The van der Waals surface area contributed by atoms with Crippen molar-refractivity contribution in [3.8, 4) is 0 Å². The smallest absolute Gasteiger partial charge is 0.251 e. The van der Waals surface area contributed by atoms with E-state index in [0.717, 1.165) is 6.42 Å². The van der Waals surface area contributed by atoms with Crippen molar-refractivity contribution >= 4 is 5.91 Å². The maximum Gasteiger partial charge on any atom is 0.251 e. The first-order valence-electron chi connectivity index (χ1n) is 4.11. The number of amides is 1. The predicted molar refractivity (Wildman–Crippen MR) is 47.8 cm³/mol. The number of hydrogen-bond donors (Lipinski definition) is 1. The van der Waals surface area contributed by atoms with Gasteiger partial charge in [-0.25, -0.2) is 0 Å². The van der Waals surface area contributed by atoms with Crippen LogP contribution in [0.4, 0.5) is 0 Å². The van der Waals surface area contributed by atoms with Crippen molar-refractivity contribution in [1.29, 1.82) is 0 Å². The van der Waals surface area contributed by atoms with Crippen LogP contribution in [0, 0.1) is 0 Å². The fraction of sp³-hybridized carbons (Fsp3) is 0.875. The summed E-state index contributed by atoms with van der Waals surface area (Å²) in [4.78, 5) is 13.0. The van der Waals surface area contributed by atoms with Crippen molar-refractivity contribution in [3.05, 3.63) is 0 Å². The summed E-state index contributed by atoms with van der Waals surface area (Å²) in [5.74, 6) is 0.00551. The minimum Gasteiger partial charge on any atom is -0.372 e. The van der Waals surface area contributed by atoms with E-state index >= 15 is 0 Å². The first-order valence-corrected chi connectivity index (χ1v) is 4.11. The van der Waals surface area contributed by atoms with Crippen LogP contribution in [-0.4, -0.2) is 44.2 Å². The summed E-state index contributed by atoms with van der Waals surface area (Å²) in [6, 6.07) is 0. The van der Waals surface area contributed by atoms with Crippen LogP contribution in [0.5, 0.6) is 0 Å². The third-order valence-corrected chi connectivity index (χ3v) is 1.78. The molecule has 1 atom stereocenters. The van der Waals surface area contributed by atoms with E-state index in [1.807, 2.05) is 0 Å². The Hall–Kier alpha value is -0.610. The number of likely N-dealkylation sites (N-methyl/N-ethyl adjacent to an activating group) is 1. The lowest BCUT2D eigenvalue weighted by molar-refractivity contribution is -0.139. The zero-order chi connectivity index (χ0) is 9.56. The van der Waals surface area contributed by atoms with Crippen LogP contribution >= 0.6 is 0 Å². The molecule has 72 valence electrons. The number of nitrogens with zero attached hydrogens (tertiary/aromatic N) is 1. The lowest BCUT2D eigenvalue weighted by atomic mass is 10.3. The van der Waals surface area contributed by atoms with E-state index in [-0.39, 0.29) is 12.0 Å². The number of carbonyl (C=O) groups is 1. The third kappa shape index (κ3) is 3.69. The van der Waals surface area contributed by atoms with Crippen LogP contribution in [0.15, 0.2) is 0 Å². The molecule has 0 heterocycles. The molecule has 0 radical (unpaired) electrons. The minimum absolute atomic E-state index is 0.00551. The highest BCUT2D eigenvalue weighted by Crippen LogP contribution is 1.95. The van der Waals surface area contributed by atoms with Crippen LogP contribution in [-0.2, 0) is 9.53 Å². The average molecular weight is 174 g/mol. The van der Waals surface area contributed by atoms with Crippen LogP contribution in [0.1, 0.15) is 13.3 Å². The van der Waals surface area contributed by atoms with Gasteiger partial charge in [-0.05, 0) is 19.9 Å². The van der Waals surface area contributed by atoms with Gasteiger partial charge in [0.1, 0.15) is 6.10 Å². The summed E-state index contributed by atoms with van der Waals surface area (Å²) in [6.45, 7) is 3.04. The largest absolute Gasteiger partial charge is 0.372 e. The van der Waals surface area contributed by atoms with E-state index in [1.54, 1.807) is 18.9 Å². The Morgan fingerprint density at radius 1 is 1.67 bits per heavy atom. The molecule has 1 amide bonds. The Morgan fingerprint density at radius 3 is 2.67 bits per heavy atom. The SMILES string of the molecule is COC(C)C(=O)N(C)CCCN. The highest BCUT2D eigenvalue weighted by Gasteiger charge is 2.15. The van der Waals surface area contributed by atoms with E-state index in [4.69, 9.17) is 10.5 Å². The lowest BCUT2D eigenvalue weighted by Crippen LogP contribution is -2.36. The fourth-order valence-electron chi connectivity index (χ4n) is 0.850. The molecule has 0 aliphatic heterocycles. The number of ether oxygens (including phenoxy) is 1. The molecule has 12 heavy (non-hydrogen) atoms. The van der Waals surface area contributed by atoms with Gasteiger partial charge in [0.2, 0.25) is 0 Å². The molecular weight excluding hydrogens is 156 g/mol. The van der Waals surface area contributed by atoms with Gasteiger partial charge in [-0.1, -0.05) is 0 Å². The molecule has 0 aromatic carbocycles. The second-order valence-electron chi connectivity index (χ2n) is 2.78. The molecular formula is C8H18N2O2. The Kier molecular flexibility index (Phi) is 5.66. The van der Waals surface area contributed by atoms with E-state index in [0.29, 0.717) is 13.1 Å². The maximum atomic E-state index is 11.3. The Bertz CT molecular complexity index is 139. The number of hydrogen-bond acceptors (Lipinski definition) is 3. The number of nitrogens with two attached hydrogens (primary N) is 1. The summed E-state index contributed by atoms with van der Waals surface area (Å²) >= 11 is 0. The molecule has 0 aliphatic carbocycles. The quantitative estimate of drug-likeness (QED) is 0.629. The number of methoxy groups -OCH3 is 1. The molecule has 0 spiro atoms. The summed E-state index contributed by atoms with van der Waals surface area (Å²) < 4.78 is 4.89. The van der Waals surface area contributed by atoms with Crippen molar-refractivity contribution < 1.29 is 9.53 Å². The minimum atomic E-state index is -0.354. The molecule has 4 heteroatoms. The second kappa shape index (κ2) is 5.97. The van der Waals surface area contributed by atoms with Gasteiger partial charge < -0.3 is 15.4 Å². The van der Waals surface area contributed by atoms with E-state index in [2.05, 4.69) is 0 Å². The molecule has 0 aromatic rings. The van der Waals surface area contributed by atoms with E-state index in [1.165, 1.54) is 7.11 Å². The molecule has 0 saturated heterocycles. The molecule has 0 aliphatic rings. The van der Waals surface area contributed by atoms with Crippen molar-refractivity contribution in [2.45, 2.75) is 19.4 Å². The second-order valence-corrected chi connectivity index (χ2v) is 2.78. The molecule has 0 saturated carbocycles. The molecule has 2 N–H and O–H groups in total. The van der Waals surface area contributed by atoms with Gasteiger partial charge in [-0.2, -0.15) is 0 Å². The molecule has 4 nitrogen and oxygen atoms in total. The zero-order valence-corrected chi connectivity index (χ0v) is 8.04. The molecule has 0 bridgehead atoms. The summed E-state index contributed by atoms with van der Waals surface area (Å²) in [7, 11) is 3.28. The fourth-order valence-corrected chi connectivity index (χ4v) is 0.850. The lowest BCUT2D eigenvalue weighted by Gasteiger charge is -2.19. The van der Waals surface area contributed by atoms with E-state index < -0.39 is 0 Å². The first-order chi connectivity index (χ1) is 5.63. The van der Waals surface area contributed by atoms with Crippen molar-refractivity contribution in [3.63, 3.8) is 0 Å². The standard InChI is InChI=1S/C8H18N2O2/c1-7(12-3)8(11)10(2)6-4-5-9/h7H,4-6,9H2,1-3H3. The first kappa shape index (κ1) is 11.4. The Balaban J connectivity index is 3.75. The van der Waals surface area contributed by atoms with Crippen molar-refractivity contribution in [2.75, 3.05) is 27.2 Å². The summed E-state index contributed by atoms with van der Waals surface area (Å²) in [5.41, 5.74) is 5.32. The highest BCUT2D eigenvalue weighted by atomic mass is 16.5. The van der Waals surface area contributed by atoms with Gasteiger partial charge in [-0.3, -0.25) is 4.79 Å². The summed E-state index contributed by atoms with van der Waals surface area (Å²) in [5, 5.41) is 0. The van der Waals surface area contributed by atoms with Gasteiger partial charge in [0.25, 0.3) is 5.91 Å². The Morgan fingerprint density at radius 2 is 2.25 bits per heavy atom. The average Bonchev–Trinajstić information content (AvgIpc) is 2.11. The third-order valence-electron chi connectivity index (χ3n) is 1.78. The van der Waals surface area contributed by atoms with Gasteiger partial charge >= 0.3 is 0 Å². The van der Waals surface area contributed by atoms with Crippen molar-refractivity contribution in [1.82, 2.24) is 4.90 Å². The van der Waals surface area contributed by atoms with Gasteiger partial charge in [0.15, 0.2) is 0 Å². The van der Waals surface area contributed by atoms with Gasteiger partial charge in [-0.15, -0.1) is 0 Å². The topological polar surface area (TPSA) is 55.6 Å². The summed E-state index contributed by atoms with van der Waals surface area (Å²) in [6.07, 6.45) is 0.478. The monoisotopic (exact) mass is 174 g/mol. The molecule has 0 aromatic heterocycles. The molecule has 0 fully saturated rings. The normalized spacial score (nSPS) is 12.7. The predicted octanol–water partition coefficient (Wildman–Crippen LogP) is -0.171. The maximum absolute atomic E-state index is 11.3. The van der Waals surface area contributed by atoms with Gasteiger partial charge in [0, 0.05) is 20.7 Å². The zero-order valence-electron chi connectivity index (χ0n) is 8.04. The van der Waals surface area contributed by atoms with E-state index in [9.17, 15) is 4.79 Å².